The van der Waals surface area contributed by atoms with Crippen molar-refractivity contribution in [2.24, 2.45) is 11.3 Å². The highest BCUT2D eigenvalue weighted by atomic mass is 16.6. The van der Waals surface area contributed by atoms with E-state index in [0.29, 0.717) is 25.0 Å². The van der Waals surface area contributed by atoms with E-state index in [0.717, 1.165) is 5.56 Å². The molecule has 1 fully saturated rings. The summed E-state index contributed by atoms with van der Waals surface area (Å²) in [6.45, 7) is 6.21. The minimum Gasteiger partial charge on any atom is -0.462 e. The molecular weight excluding hydrogens is 296 g/mol. The fourth-order valence-electron chi connectivity index (χ4n) is 2.38. The summed E-state index contributed by atoms with van der Waals surface area (Å²) in [5.41, 5.74) is 1.44. The first kappa shape index (κ1) is 17.5. The molecule has 5 nitrogen and oxygen atoms in total. The molecule has 0 aromatic heterocycles. The van der Waals surface area contributed by atoms with Crippen LogP contribution < -0.4 is 0 Å². The van der Waals surface area contributed by atoms with Gasteiger partial charge in [0, 0.05) is 0 Å². The SMILES string of the molecule is CC(C)(C)COC(=O)c1cccc(CC[C@@H]2OC(=O)[C@H]2CO)c1. The van der Waals surface area contributed by atoms with Gasteiger partial charge in [-0.25, -0.2) is 4.79 Å². The van der Waals surface area contributed by atoms with Crippen molar-refractivity contribution in [2.45, 2.75) is 39.7 Å². The molecule has 0 spiro atoms. The van der Waals surface area contributed by atoms with E-state index in [-0.39, 0.29) is 30.1 Å². The van der Waals surface area contributed by atoms with E-state index in [1.165, 1.54) is 0 Å². The van der Waals surface area contributed by atoms with Crippen molar-refractivity contribution in [2.75, 3.05) is 13.2 Å². The number of benzene rings is 1. The third-order valence-electron chi connectivity index (χ3n) is 3.73. The second-order valence-corrected chi connectivity index (χ2v) is 7.14. The third kappa shape index (κ3) is 4.79. The zero-order valence-electron chi connectivity index (χ0n) is 13.9. The van der Waals surface area contributed by atoms with Crippen LogP contribution in [0.4, 0.5) is 0 Å². The topological polar surface area (TPSA) is 72.8 Å². The Morgan fingerprint density at radius 1 is 1.35 bits per heavy atom. The van der Waals surface area contributed by atoms with E-state index in [1.807, 2.05) is 32.9 Å². The Kier molecular flexibility index (Phi) is 5.42. The van der Waals surface area contributed by atoms with Crippen molar-refractivity contribution in [1.82, 2.24) is 0 Å². The Bertz CT molecular complexity index is 573. The summed E-state index contributed by atoms with van der Waals surface area (Å²) in [6, 6.07) is 7.28. The molecule has 0 radical (unpaired) electrons. The second-order valence-electron chi connectivity index (χ2n) is 7.14. The van der Waals surface area contributed by atoms with E-state index in [1.54, 1.807) is 12.1 Å². The van der Waals surface area contributed by atoms with Crippen LogP contribution in [-0.4, -0.2) is 36.4 Å². The molecule has 1 aliphatic rings. The first-order valence-electron chi connectivity index (χ1n) is 7.87. The van der Waals surface area contributed by atoms with E-state index >= 15 is 0 Å². The van der Waals surface area contributed by atoms with Crippen molar-refractivity contribution in [3.05, 3.63) is 35.4 Å². The van der Waals surface area contributed by atoms with Gasteiger partial charge in [0.05, 0.1) is 18.8 Å². The summed E-state index contributed by atoms with van der Waals surface area (Å²) in [7, 11) is 0. The molecule has 0 saturated carbocycles. The van der Waals surface area contributed by atoms with Gasteiger partial charge in [0.2, 0.25) is 0 Å². The summed E-state index contributed by atoms with van der Waals surface area (Å²) in [4.78, 5) is 23.2. The van der Waals surface area contributed by atoms with Gasteiger partial charge in [-0.2, -0.15) is 0 Å². The lowest BCUT2D eigenvalue weighted by atomic mass is 9.92. The van der Waals surface area contributed by atoms with Gasteiger partial charge in [0.25, 0.3) is 0 Å². The number of hydrogen-bond donors (Lipinski definition) is 1. The van der Waals surface area contributed by atoms with Crippen LogP contribution in [0.2, 0.25) is 0 Å². The number of esters is 2. The Morgan fingerprint density at radius 3 is 2.70 bits per heavy atom. The lowest BCUT2D eigenvalue weighted by Gasteiger charge is -2.33. The fraction of sp³-hybridized carbons (Fsp3) is 0.556. The van der Waals surface area contributed by atoms with Gasteiger partial charge >= 0.3 is 11.9 Å². The van der Waals surface area contributed by atoms with Crippen molar-refractivity contribution in [3.63, 3.8) is 0 Å². The maximum absolute atomic E-state index is 12.1. The highest BCUT2D eigenvalue weighted by Gasteiger charge is 2.41. The van der Waals surface area contributed by atoms with Gasteiger partial charge < -0.3 is 14.6 Å². The monoisotopic (exact) mass is 320 g/mol. The number of ether oxygens (including phenoxy) is 2. The predicted octanol–water partition coefficient (Wildman–Crippen LogP) is 2.36. The number of hydrogen-bond acceptors (Lipinski definition) is 5. The van der Waals surface area contributed by atoms with Crippen LogP contribution in [0.3, 0.4) is 0 Å². The Morgan fingerprint density at radius 2 is 2.09 bits per heavy atom. The molecule has 1 N–H and O–H groups in total. The van der Waals surface area contributed by atoms with E-state index in [2.05, 4.69) is 0 Å². The molecule has 1 aromatic carbocycles. The van der Waals surface area contributed by atoms with E-state index in [4.69, 9.17) is 14.6 Å². The van der Waals surface area contributed by atoms with Crippen molar-refractivity contribution < 1.29 is 24.2 Å². The van der Waals surface area contributed by atoms with Gasteiger partial charge in [0.15, 0.2) is 0 Å². The summed E-state index contributed by atoms with van der Waals surface area (Å²) >= 11 is 0. The number of rotatable bonds is 6. The van der Waals surface area contributed by atoms with Crippen LogP contribution in [0.1, 0.15) is 43.1 Å². The maximum atomic E-state index is 12.1. The fourth-order valence-corrected chi connectivity index (χ4v) is 2.38. The number of aliphatic hydroxyl groups excluding tert-OH is 1. The molecular formula is C18H24O5. The molecule has 1 aliphatic heterocycles. The van der Waals surface area contributed by atoms with Gasteiger partial charge in [-0.15, -0.1) is 0 Å². The molecule has 0 amide bonds. The zero-order chi connectivity index (χ0) is 17.0. The van der Waals surface area contributed by atoms with E-state index < -0.39 is 5.92 Å². The average Bonchev–Trinajstić information content (AvgIpc) is 2.48. The highest BCUT2D eigenvalue weighted by Crippen LogP contribution is 2.26. The van der Waals surface area contributed by atoms with Crippen molar-refractivity contribution in [3.8, 4) is 0 Å². The Hall–Kier alpha value is -1.88. The number of cyclic esters (lactones) is 1. The molecule has 0 bridgehead atoms. The van der Waals surface area contributed by atoms with Gasteiger partial charge in [0.1, 0.15) is 12.0 Å². The lowest BCUT2D eigenvalue weighted by Crippen LogP contribution is -2.47. The maximum Gasteiger partial charge on any atom is 0.338 e. The number of aliphatic hydroxyl groups is 1. The quantitative estimate of drug-likeness (QED) is 0.815. The number of carbonyl (C=O) groups excluding carboxylic acids is 2. The molecule has 1 heterocycles. The summed E-state index contributed by atoms with van der Waals surface area (Å²) in [6.07, 6.45) is 1.08. The number of carbonyl (C=O) groups is 2. The van der Waals surface area contributed by atoms with Crippen LogP contribution in [0, 0.1) is 11.3 Å². The van der Waals surface area contributed by atoms with Crippen LogP contribution in [-0.2, 0) is 20.7 Å². The predicted molar refractivity (Wildman–Crippen MR) is 85.0 cm³/mol. The van der Waals surface area contributed by atoms with Crippen molar-refractivity contribution in [1.29, 1.82) is 0 Å². The number of aryl methyl sites for hydroxylation is 1. The van der Waals surface area contributed by atoms with Crippen LogP contribution >= 0.6 is 0 Å². The molecule has 5 heteroatoms. The van der Waals surface area contributed by atoms with Crippen LogP contribution in [0.15, 0.2) is 24.3 Å². The first-order chi connectivity index (χ1) is 10.8. The molecule has 1 aromatic rings. The minimum atomic E-state index is -0.407. The third-order valence-corrected chi connectivity index (χ3v) is 3.73. The van der Waals surface area contributed by atoms with Gasteiger partial charge in [-0.1, -0.05) is 32.9 Å². The molecule has 2 rings (SSSR count). The van der Waals surface area contributed by atoms with E-state index in [9.17, 15) is 9.59 Å². The minimum absolute atomic E-state index is 0.0688. The average molecular weight is 320 g/mol. The van der Waals surface area contributed by atoms with Crippen LogP contribution in [0.5, 0.6) is 0 Å². The normalized spacial score (nSPS) is 20.6. The smallest absolute Gasteiger partial charge is 0.338 e. The molecule has 1 saturated heterocycles. The summed E-state index contributed by atoms with van der Waals surface area (Å²) in [5, 5.41) is 9.10. The molecule has 0 aliphatic carbocycles. The standard InChI is InChI=1S/C18H24O5/c1-18(2,3)11-22-16(20)13-6-4-5-12(9-13)7-8-15-14(10-19)17(21)23-15/h4-6,9,14-15,19H,7-8,10-11H2,1-3H3/t14-,15-/m0/s1. The first-order valence-corrected chi connectivity index (χ1v) is 7.87. The molecule has 126 valence electrons. The van der Waals surface area contributed by atoms with Crippen molar-refractivity contribution >= 4 is 11.9 Å². The Labute approximate surface area is 136 Å². The summed E-state index contributed by atoms with van der Waals surface area (Å²) < 4.78 is 10.3. The van der Waals surface area contributed by atoms with Gasteiger partial charge in [-0.3, -0.25) is 4.79 Å². The molecule has 2 atom stereocenters. The zero-order valence-corrected chi connectivity index (χ0v) is 13.9. The lowest BCUT2D eigenvalue weighted by molar-refractivity contribution is -0.188. The second kappa shape index (κ2) is 7.13. The van der Waals surface area contributed by atoms with Crippen LogP contribution in [0.25, 0.3) is 0 Å². The van der Waals surface area contributed by atoms with Gasteiger partial charge in [-0.05, 0) is 36.0 Å². The highest BCUT2D eigenvalue weighted by molar-refractivity contribution is 5.89. The molecule has 0 unspecified atom stereocenters. The molecule has 23 heavy (non-hydrogen) atoms. The largest absolute Gasteiger partial charge is 0.462 e. The summed E-state index contributed by atoms with van der Waals surface area (Å²) in [5.74, 6) is -1.07. The Balaban J connectivity index is 1.89.